The Morgan fingerprint density at radius 1 is 0.629 bits per heavy atom. The van der Waals surface area contributed by atoms with Gasteiger partial charge in [-0.3, -0.25) is 4.98 Å². The molecule has 0 spiro atoms. The summed E-state index contributed by atoms with van der Waals surface area (Å²) in [4.78, 5) is 9.84. The van der Waals surface area contributed by atoms with E-state index in [-0.39, 0.29) is 42.9 Å². The van der Waals surface area contributed by atoms with E-state index in [4.69, 9.17) is 22.0 Å². The monoisotopic (exact) mass is 1100 g/mol. The van der Waals surface area contributed by atoms with E-state index in [0.717, 1.165) is 66.2 Å². The molecule has 0 N–H and O–H groups in total. The summed E-state index contributed by atoms with van der Waals surface area (Å²) in [6, 6.07) is 56.4. The van der Waals surface area contributed by atoms with Crippen molar-refractivity contribution < 1.29 is 37.2 Å². The zero-order valence-corrected chi connectivity index (χ0v) is 42.6. The summed E-state index contributed by atoms with van der Waals surface area (Å²) < 4.78 is 63.3. The van der Waals surface area contributed by atoms with Gasteiger partial charge in [0, 0.05) is 61.8 Å². The quantitative estimate of drug-likeness (QED) is 0.156. The van der Waals surface area contributed by atoms with E-state index in [1.165, 1.54) is 22.8 Å². The van der Waals surface area contributed by atoms with Crippen LogP contribution in [0.3, 0.4) is 0 Å². The number of nitrogens with zero attached hydrogens (tertiary/aromatic N) is 3. The molecule has 0 amide bonds. The molecule has 1 radical (unpaired) electrons. The molecule has 4 aromatic heterocycles. The van der Waals surface area contributed by atoms with E-state index in [9.17, 15) is 0 Å². The van der Waals surface area contributed by atoms with Gasteiger partial charge < -0.3 is 18.4 Å². The van der Waals surface area contributed by atoms with Crippen LogP contribution in [0.2, 0.25) is 0 Å². The van der Waals surface area contributed by atoms with Gasteiger partial charge >= 0.3 is 0 Å². The fourth-order valence-corrected chi connectivity index (χ4v) is 9.63. The van der Waals surface area contributed by atoms with E-state index in [1.54, 1.807) is 18.2 Å². The van der Waals surface area contributed by atoms with Crippen LogP contribution in [0.15, 0.2) is 167 Å². The Labute approximate surface area is 432 Å². The number of aromatic nitrogens is 3. The van der Waals surface area contributed by atoms with Gasteiger partial charge in [-0.05, 0) is 92.5 Å². The van der Waals surface area contributed by atoms with E-state index in [2.05, 4.69) is 143 Å². The summed E-state index contributed by atoms with van der Waals surface area (Å²) in [7, 11) is 0. The summed E-state index contributed by atoms with van der Waals surface area (Å²) in [6.07, 6.45) is 1.86. The Bertz CT molecular complexity index is 4040. The Morgan fingerprint density at radius 3 is 2.03 bits per heavy atom. The molecule has 4 heterocycles. The molecule has 0 bridgehead atoms. The van der Waals surface area contributed by atoms with Crippen LogP contribution in [0.25, 0.3) is 105 Å². The van der Waals surface area contributed by atoms with Gasteiger partial charge in [0.1, 0.15) is 16.7 Å². The predicted octanol–water partition coefficient (Wildman–Crippen LogP) is 17.8. The van der Waals surface area contributed by atoms with Crippen LogP contribution >= 0.6 is 0 Å². The maximum Gasteiger partial charge on any atom is 0.136 e. The third kappa shape index (κ3) is 8.23. The summed E-state index contributed by atoms with van der Waals surface area (Å²) in [5.74, 6) is 0.961. The fraction of sp³-hybridized carbons (Fsp3) is 0.188. The number of aryl methyl sites for hydroxylation is 2. The predicted molar refractivity (Wildman–Crippen MR) is 288 cm³/mol. The number of hydrogen-bond donors (Lipinski definition) is 0. The maximum absolute atomic E-state index is 8.62. The van der Waals surface area contributed by atoms with E-state index < -0.39 is 13.7 Å². The standard InChI is InChI=1S/C48H37N2O2.C16H18N.Ir/c1-27(2)36-23-32(30-13-7-6-8-14-30)24-37(28(3)4)45(36)50-46-33-16-10-9-15-31(33)20-22-40(46)49-48(50)35-21-19-29(5)44-39-26-42-38(25-43(39)52-47(35)44)34-17-11-12-18-41(34)51-42;1-12-5-7-13(8-6-12)15-10-9-14(11-17-15)16(2,3)4;/h6-20,22-28H,1-5H3;5-7,9-11H,1-4H3;/q2*-1;/i5D3;1D3;. The van der Waals surface area contributed by atoms with Gasteiger partial charge in [-0.1, -0.05) is 164 Å². The summed E-state index contributed by atoms with van der Waals surface area (Å²) >= 11 is 0. The molecule has 12 rings (SSSR count). The molecule has 0 aliphatic heterocycles. The van der Waals surface area contributed by atoms with Crippen molar-refractivity contribution in [2.75, 3.05) is 0 Å². The first-order chi connectivity index (χ1) is 35.7. The number of furan rings is 2. The van der Waals surface area contributed by atoms with E-state index >= 15 is 0 Å². The molecule has 349 valence electrons. The van der Waals surface area contributed by atoms with Gasteiger partial charge in [0.15, 0.2) is 0 Å². The third-order valence-electron chi connectivity index (χ3n) is 13.3. The molecule has 0 fully saturated rings. The van der Waals surface area contributed by atoms with Crippen molar-refractivity contribution in [2.24, 2.45) is 0 Å². The van der Waals surface area contributed by atoms with Gasteiger partial charge in [0.05, 0.1) is 22.4 Å². The Hall–Kier alpha value is -7.11. The smallest absolute Gasteiger partial charge is 0.136 e. The largest absolute Gasteiger partial charge is 0.501 e. The molecule has 12 aromatic rings. The van der Waals surface area contributed by atoms with Crippen molar-refractivity contribution in [1.82, 2.24) is 14.5 Å². The molecule has 0 saturated heterocycles. The average Bonchev–Trinajstić information content (AvgIpc) is 4.14. The van der Waals surface area contributed by atoms with Crippen LogP contribution in [0.5, 0.6) is 0 Å². The van der Waals surface area contributed by atoms with Crippen LogP contribution in [0.4, 0.5) is 0 Å². The molecule has 8 aromatic carbocycles. The molecule has 0 atom stereocenters. The molecule has 70 heavy (non-hydrogen) atoms. The first kappa shape index (κ1) is 39.7. The Morgan fingerprint density at radius 2 is 1.34 bits per heavy atom. The zero-order valence-electron chi connectivity index (χ0n) is 46.2. The van der Waals surface area contributed by atoms with Crippen molar-refractivity contribution in [3.63, 3.8) is 0 Å². The van der Waals surface area contributed by atoms with Gasteiger partial charge in [-0.15, -0.1) is 53.1 Å². The SMILES string of the molecule is [2H]C([2H])([2H])c1c[c-]c(-c2ccc(C(C)(C)C)cn2)cc1.[2H]C([2H])([2H])c1c[c-]c(-c2nc3ccc4ccccc4c3n2-c2c(C(C)C)cc(-c3ccccc3)cc2C(C)C)c2oc3cc4c(cc3c12)oc1ccccc14.[Ir]. The molecular weight excluding hydrogens is 1030 g/mol. The number of fused-ring (bicyclic) bond motifs is 9. The summed E-state index contributed by atoms with van der Waals surface area (Å²) in [6.45, 7) is 10.9. The number of benzene rings is 8. The molecule has 0 aliphatic carbocycles. The fourth-order valence-electron chi connectivity index (χ4n) is 9.63. The second-order valence-electron chi connectivity index (χ2n) is 19.6. The minimum atomic E-state index is -2.42. The normalized spacial score (nSPS) is 13.6. The molecule has 5 nitrogen and oxygen atoms in total. The van der Waals surface area contributed by atoms with Crippen LogP contribution in [-0.2, 0) is 25.5 Å². The van der Waals surface area contributed by atoms with Crippen LogP contribution < -0.4 is 0 Å². The average molecular weight is 1100 g/mol. The minimum Gasteiger partial charge on any atom is -0.501 e. The number of imidazole rings is 1. The van der Waals surface area contributed by atoms with E-state index in [1.807, 2.05) is 60.8 Å². The molecular formula is C64H55IrN3O2-2. The molecule has 0 saturated carbocycles. The first-order valence-corrected chi connectivity index (χ1v) is 23.6. The van der Waals surface area contributed by atoms with Gasteiger partial charge in [-0.2, -0.15) is 0 Å². The van der Waals surface area contributed by atoms with Gasteiger partial charge in [0.25, 0.3) is 0 Å². The topological polar surface area (TPSA) is 57.0 Å². The van der Waals surface area contributed by atoms with E-state index in [0.29, 0.717) is 44.5 Å². The number of rotatable bonds is 6. The molecule has 0 aliphatic rings. The number of pyridine rings is 1. The van der Waals surface area contributed by atoms with Crippen molar-refractivity contribution in [3.05, 3.63) is 198 Å². The second-order valence-corrected chi connectivity index (χ2v) is 19.6. The van der Waals surface area contributed by atoms with Crippen molar-refractivity contribution in [2.45, 2.75) is 79.4 Å². The van der Waals surface area contributed by atoms with Gasteiger partial charge in [0.2, 0.25) is 0 Å². The number of hydrogen-bond acceptors (Lipinski definition) is 4. The van der Waals surface area contributed by atoms with Crippen LogP contribution in [-0.4, -0.2) is 14.5 Å². The number of para-hydroxylation sites is 1. The van der Waals surface area contributed by atoms with Crippen LogP contribution in [0, 0.1) is 25.8 Å². The minimum absolute atomic E-state index is 0. The zero-order chi connectivity index (χ0) is 52.7. The third-order valence-corrected chi connectivity index (χ3v) is 13.3. The van der Waals surface area contributed by atoms with Crippen molar-refractivity contribution in [1.29, 1.82) is 0 Å². The summed E-state index contributed by atoms with van der Waals surface area (Å²) in [5, 5.41) is 5.24. The van der Waals surface area contributed by atoms with Gasteiger partial charge in [-0.25, -0.2) is 0 Å². The second kappa shape index (κ2) is 18.3. The Balaban J connectivity index is 0.000000264. The Kier molecular flexibility index (Phi) is 10.4. The molecule has 0 unspecified atom stereocenters. The molecule has 6 heteroatoms. The van der Waals surface area contributed by atoms with Crippen molar-refractivity contribution in [3.8, 4) is 39.5 Å². The van der Waals surface area contributed by atoms with Crippen LogP contribution in [0.1, 0.15) is 96.3 Å². The summed E-state index contributed by atoms with van der Waals surface area (Å²) in [5.41, 5.74) is 13.9. The maximum atomic E-state index is 8.62. The van der Waals surface area contributed by atoms with Crippen molar-refractivity contribution >= 4 is 65.7 Å². The first-order valence-electron chi connectivity index (χ1n) is 26.6.